The molecule has 0 bridgehead atoms. The Hall–Kier alpha value is -1.37. The van der Waals surface area contributed by atoms with E-state index in [1.54, 1.807) is 0 Å². The van der Waals surface area contributed by atoms with Crippen LogP contribution in [0.3, 0.4) is 0 Å². The number of nitrogens with one attached hydrogen (secondary N) is 1. The Bertz CT molecular complexity index is 702. The summed E-state index contributed by atoms with van der Waals surface area (Å²) in [6.07, 6.45) is 0. The van der Waals surface area contributed by atoms with Gasteiger partial charge >= 0.3 is 0 Å². The molecule has 0 amide bonds. The quantitative estimate of drug-likeness (QED) is 0.802. The van der Waals surface area contributed by atoms with Crippen molar-refractivity contribution in [3.63, 3.8) is 0 Å². The number of hydrogen-bond donors (Lipinski definition) is 1. The molecule has 0 spiro atoms. The van der Waals surface area contributed by atoms with Crippen molar-refractivity contribution < 1.29 is 4.74 Å². The van der Waals surface area contributed by atoms with Gasteiger partial charge in [-0.15, -0.1) is 0 Å². The van der Waals surface area contributed by atoms with Crippen molar-refractivity contribution in [2.45, 2.75) is 33.1 Å². The summed E-state index contributed by atoms with van der Waals surface area (Å²) in [5.74, 6) is 1.28. The van der Waals surface area contributed by atoms with Crippen LogP contribution >= 0.6 is 22.6 Å². The Morgan fingerprint density at radius 3 is 2.57 bits per heavy atom. The first-order valence-corrected chi connectivity index (χ1v) is 7.95. The fraction of sp³-hybridized carbons (Fsp3) is 0.375. The molecule has 0 aliphatic heterocycles. The van der Waals surface area contributed by atoms with E-state index in [0.29, 0.717) is 16.0 Å². The Morgan fingerprint density at radius 1 is 1.29 bits per heavy atom. The second kappa shape index (κ2) is 6.17. The van der Waals surface area contributed by atoms with Gasteiger partial charge in [0.1, 0.15) is 15.1 Å². The molecule has 1 aromatic carbocycles. The minimum atomic E-state index is -0.194. The molecule has 1 heterocycles. The van der Waals surface area contributed by atoms with Crippen LogP contribution in [0.15, 0.2) is 29.1 Å². The highest BCUT2D eigenvalue weighted by Gasteiger charge is 2.23. The van der Waals surface area contributed by atoms with E-state index in [1.165, 1.54) is 0 Å². The molecule has 0 fully saturated rings. The van der Waals surface area contributed by atoms with Crippen molar-refractivity contribution in [2.75, 3.05) is 6.61 Å². The first-order valence-electron chi connectivity index (χ1n) is 6.87. The van der Waals surface area contributed by atoms with Crippen molar-refractivity contribution in [1.29, 1.82) is 0 Å². The number of aromatic nitrogens is 2. The predicted octanol–water partition coefficient (Wildman–Crippen LogP) is 3.74. The Balaban J connectivity index is 2.66. The van der Waals surface area contributed by atoms with Crippen LogP contribution in [-0.4, -0.2) is 16.6 Å². The van der Waals surface area contributed by atoms with E-state index in [1.807, 2.05) is 31.2 Å². The maximum Gasteiger partial charge on any atom is 0.264 e. The van der Waals surface area contributed by atoms with Crippen LogP contribution in [0.5, 0.6) is 5.75 Å². The van der Waals surface area contributed by atoms with Gasteiger partial charge in [0.2, 0.25) is 0 Å². The molecule has 1 N–H and O–H groups in total. The second-order valence-electron chi connectivity index (χ2n) is 5.76. The molecule has 1 aromatic heterocycles. The smallest absolute Gasteiger partial charge is 0.264 e. The van der Waals surface area contributed by atoms with E-state index in [4.69, 9.17) is 4.74 Å². The zero-order valence-electron chi connectivity index (χ0n) is 12.7. The predicted molar refractivity (Wildman–Crippen MR) is 92.9 cm³/mol. The van der Waals surface area contributed by atoms with Crippen LogP contribution in [0.1, 0.15) is 33.4 Å². The van der Waals surface area contributed by atoms with Gasteiger partial charge in [-0.05, 0) is 41.6 Å². The van der Waals surface area contributed by atoms with Gasteiger partial charge in [0.25, 0.3) is 5.56 Å². The summed E-state index contributed by atoms with van der Waals surface area (Å²) >= 11 is 2.05. The van der Waals surface area contributed by atoms with Crippen LogP contribution < -0.4 is 10.3 Å². The minimum Gasteiger partial charge on any atom is -0.493 e. The summed E-state index contributed by atoms with van der Waals surface area (Å²) in [4.78, 5) is 19.7. The molecule has 4 nitrogen and oxygen atoms in total. The summed E-state index contributed by atoms with van der Waals surface area (Å²) in [5, 5.41) is 0. The van der Waals surface area contributed by atoms with Crippen molar-refractivity contribution in [3.05, 3.63) is 43.9 Å². The number of halogens is 1. The van der Waals surface area contributed by atoms with Crippen molar-refractivity contribution in [3.8, 4) is 17.1 Å². The number of benzene rings is 1. The fourth-order valence-electron chi connectivity index (χ4n) is 2.03. The lowest BCUT2D eigenvalue weighted by Crippen LogP contribution is -2.24. The van der Waals surface area contributed by atoms with Crippen LogP contribution in [0.2, 0.25) is 0 Å². The van der Waals surface area contributed by atoms with Gasteiger partial charge in [0, 0.05) is 5.41 Å². The highest BCUT2D eigenvalue weighted by atomic mass is 127. The Morgan fingerprint density at radius 2 is 1.95 bits per heavy atom. The van der Waals surface area contributed by atoms with E-state index in [2.05, 4.69) is 53.3 Å². The standard InChI is InChI=1S/C16H19IN2O2/c1-5-21-11-9-7-6-8-10(11)14-18-13(16(2,3)4)12(17)15(20)19-14/h6-9H,5H2,1-4H3,(H,18,19,20). The first-order chi connectivity index (χ1) is 9.84. The SMILES string of the molecule is CCOc1ccccc1-c1nc(C(C)(C)C)c(I)c(=O)[nH]1. The number of H-pyrrole nitrogens is 1. The lowest BCUT2D eigenvalue weighted by molar-refractivity contribution is 0.341. The maximum absolute atomic E-state index is 12.2. The molecule has 2 rings (SSSR count). The van der Waals surface area contributed by atoms with Crippen LogP contribution in [0.4, 0.5) is 0 Å². The third-order valence-corrected chi connectivity index (χ3v) is 4.02. The largest absolute Gasteiger partial charge is 0.493 e. The third kappa shape index (κ3) is 3.45. The number of rotatable bonds is 3. The number of hydrogen-bond acceptors (Lipinski definition) is 3. The zero-order chi connectivity index (χ0) is 15.6. The first kappa shape index (κ1) is 16.0. The number of aromatic amines is 1. The van der Waals surface area contributed by atoms with E-state index in [9.17, 15) is 4.79 Å². The third-order valence-electron chi connectivity index (χ3n) is 3.02. The van der Waals surface area contributed by atoms with Gasteiger partial charge in [0.15, 0.2) is 0 Å². The molecule has 0 saturated heterocycles. The zero-order valence-corrected chi connectivity index (χ0v) is 14.8. The lowest BCUT2D eigenvalue weighted by Gasteiger charge is -2.20. The topological polar surface area (TPSA) is 55.0 Å². The second-order valence-corrected chi connectivity index (χ2v) is 6.84. The van der Waals surface area contributed by atoms with Gasteiger partial charge < -0.3 is 9.72 Å². The Labute approximate surface area is 138 Å². The monoisotopic (exact) mass is 398 g/mol. The summed E-state index contributed by atoms with van der Waals surface area (Å²) in [5.41, 5.74) is 1.29. The summed E-state index contributed by atoms with van der Waals surface area (Å²) in [7, 11) is 0. The van der Waals surface area contributed by atoms with Crippen LogP contribution in [0, 0.1) is 3.57 Å². The molecule has 21 heavy (non-hydrogen) atoms. The summed E-state index contributed by atoms with van der Waals surface area (Å²) < 4.78 is 6.26. The summed E-state index contributed by atoms with van der Waals surface area (Å²) in [6, 6.07) is 7.60. The average molecular weight is 398 g/mol. The summed E-state index contributed by atoms with van der Waals surface area (Å²) in [6.45, 7) is 8.65. The minimum absolute atomic E-state index is 0.114. The van der Waals surface area contributed by atoms with Crippen LogP contribution in [-0.2, 0) is 5.41 Å². The molecule has 0 radical (unpaired) electrons. The molecule has 0 aliphatic carbocycles. The van der Waals surface area contributed by atoms with Crippen molar-refractivity contribution in [1.82, 2.24) is 9.97 Å². The Kier molecular flexibility index (Phi) is 4.70. The van der Waals surface area contributed by atoms with E-state index < -0.39 is 0 Å². The fourth-order valence-corrected chi connectivity index (χ4v) is 3.09. The molecule has 2 aromatic rings. The van der Waals surface area contributed by atoms with Gasteiger partial charge in [-0.3, -0.25) is 4.79 Å². The molecular weight excluding hydrogens is 379 g/mol. The van der Waals surface area contributed by atoms with E-state index >= 15 is 0 Å². The molecule has 5 heteroatoms. The van der Waals surface area contributed by atoms with Crippen molar-refractivity contribution in [2.24, 2.45) is 0 Å². The maximum atomic E-state index is 12.2. The van der Waals surface area contributed by atoms with E-state index in [-0.39, 0.29) is 11.0 Å². The average Bonchev–Trinajstić information content (AvgIpc) is 2.41. The van der Waals surface area contributed by atoms with Gasteiger partial charge in [0.05, 0.1) is 17.9 Å². The molecule has 112 valence electrons. The highest BCUT2D eigenvalue weighted by molar-refractivity contribution is 14.1. The molecular formula is C16H19IN2O2. The van der Waals surface area contributed by atoms with Gasteiger partial charge in [-0.1, -0.05) is 32.9 Å². The molecule has 0 saturated carbocycles. The number of ether oxygens (including phenoxy) is 1. The number of para-hydroxylation sites is 1. The number of nitrogens with zero attached hydrogens (tertiary/aromatic N) is 1. The van der Waals surface area contributed by atoms with Crippen LogP contribution in [0.25, 0.3) is 11.4 Å². The molecule has 0 unspecified atom stereocenters. The van der Waals surface area contributed by atoms with Crippen molar-refractivity contribution >= 4 is 22.6 Å². The normalized spacial score (nSPS) is 11.5. The van der Waals surface area contributed by atoms with E-state index in [0.717, 1.165) is 17.0 Å². The molecule has 0 atom stereocenters. The lowest BCUT2D eigenvalue weighted by atomic mass is 9.92. The van der Waals surface area contributed by atoms with Gasteiger partial charge in [-0.2, -0.15) is 0 Å². The van der Waals surface area contributed by atoms with Gasteiger partial charge in [-0.25, -0.2) is 4.98 Å². The highest BCUT2D eigenvalue weighted by Crippen LogP contribution is 2.29. The molecule has 0 aliphatic rings.